The highest BCUT2D eigenvalue weighted by molar-refractivity contribution is 6.88. The first-order valence-corrected chi connectivity index (χ1v) is 15.0. The zero-order chi connectivity index (χ0) is 23.8. The first-order valence-electron chi connectivity index (χ1n) is 11.5. The van der Waals surface area contributed by atoms with Crippen molar-refractivity contribution in [3.8, 4) is 11.3 Å². The molecule has 0 N–H and O–H groups in total. The SMILES string of the molecule is Cc1cc2c(oc3c(C)c(F)ccc32)c(-c2cc(C)c3cc([Si](C)(C)C)ccc3[n+]2C)c1C. The van der Waals surface area contributed by atoms with Gasteiger partial charge in [-0.2, -0.15) is 4.57 Å². The van der Waals surface area contributed by atoms with E-state index in [1.54, 1.807) is 6.92 Å². The molecule has 168 valence electrons. The first-order chi connectivity index (χ1) is 15.5. The monoisotopic (exact) mass is 456 g/mol. The van der Waals surface area contributed by atoms with Gasteiger partial charge >= 0.3 is 0 Å². The molecule has 0 saturated heterocycles. The van der Waals surface area contributed by atoms with Crippen LogP contribution in [0.15, 0.2) is 46.9 Å². The molecular formula is C29H31FNOSi+. The molecule has 0 aliphatic carbocycles. The van der Waals surface area contributed by atoms with E-state index in [-0.39, 0.29) is 5.82 Å². The van der Waals surface area contributed by atoms with Crippen molar-refractivity contribution < 1.29 is 13.4 Å². The topological polar surface area (TPSA) is 17.0 Å². The Bertz CT molecular complexity index is 1600. The molecule has 5 aromatic rings. The number of furan rings is 1. The van der Waals surface area contributed by atoms with Crippen LogP contribution in [0.3, 0.4) is 0 Å². The smallest absolute Gasteiger partial charge is 0.217 e. The second-order valence-electron chi connectivity index (χ2n) is 10.5. The Morgan fingerprint density at radius 1 is 0.758 bits per heavy atom. The zero-order valence-corrected chi connectivity index (χ0v) is 21.8. The lowest BCUT2D eigenvalue weighted by atomic mass is 9.94. The Morgan fingerprint density at radius 2 is 1.48 bits per heavy atom. The average Bonchev–Trinajstić information content (AvgIpc) is 3.12. The molecule has 33 heavy (non-hydrogen) atoms. The summed E-state index contributed by atoms with van der Waals surface area (Å²) in [6, 6.07) is 14.8. The molecule has 0 atom stereocenters. The molecule has 5 rings (SSSR count). The molecule has 0 unspecified atom stereocenters. The van der Waals surface area contributed by atoms with Gasteiger partial charge in [-0.3, -0.25) is 0 Å². The van der Waals surface area contributed by atoms with Crippen molar-refractivity contribution >= 4 is 46.1 Å². The molecule has 0 aliphatic heterocycles. The standard InChI is InChI=1S/C29H31FNOSi/c1-16-13-23-21-10-11-24(30)19(4)28(21)32-29(23)27(18(16)3)26-14-17(2)22-15-20(33(6,7)8)9-12-25(22)31(26)5/h9-15H,1-8H3/q+1. The summed E-state index contributed by atoms with van der Waals surface area (Å²) in [5, 5.41) is 4.77. The van der Waals surface area contributed by atoms with Gasteiger partial charge in [-0.05, 0) is 68.7 Å². The zero-order valence-electron chi connectivity index (χ0n) is 20.8. The summed E-state index contributed by atoms with van der Waals surface area (Å²) in [7, 11) is 0.726. The highest BCUT2D eigenvalue weighted by Gasteiger charge is 2.26. The molecule has 0 spiro atoms. The molecule has 0 radical (unpaired) electrons. The van der Waals surface area contributed by atoms with Gasteiger partial charge in [0.1, 0.15) is 24.0 Å². The van der Waals surface area contributed by atoms with Crippen LogP contribution in [-0.4, -0.2) is 8.07 Å². The van der Waals surface area contributed by atoms with Crippen molar-refractivity contribution in [2.45, 2.75) is 47.3 Å². The van der Waals surface area contributed by atoms with E-state index in [4.69, 9.17) is 4.42 Å². The third kappa shape index (κ3) is 3.23. The molecule has 2 nitrogen and oxygen atoms in total. The highest BCUT2D eigenvalue weighted by Crippen LogP contribution is 2.40. The summed E-state index contributed by atoms with van der Waals surface area (Å²) < 4.78 is 23.0. The maximum Gasteiger partial charge on any atom is 0.217 e. The lowest BCUT2D eigenvalue weighted by Crippen LogP contribution is -2.39. The van der Waals surface area contributed by atoms with Crippen LogP contribution < -0.4 is 9.75 Å². The summed E-state index contributed by atoms with van der Waals surface area (Å²) in [6.45, 7) is 15.4. The number of benzene rings is 3. The second-order valence-corrected chi connectivity index (χ2v) is 15.6. The molecule has 0 aliphatic rings. The summed E-state index contributed by atoms with van der Waals surface area (Å²) in [4.78, 5) is 0. The first kappa shape index (κ1) is 21.8. The number of rotatable bonds is 2. The fraction of sp³-hybridized carbons (Fsp3) is 0.276. The molecule has 2 aromatic heterocycles. The second kappa shape index (κ2) is 7.26. The van der Waals surface area contributed by atoms with E-state index in [0.29, 0.717) is 11.1 Å². The van der Waals surface area contributed by atoms with E-state index in [0.717, 1.165) is 27.6 Å². The van der Waals surface area contributed by atoms with Crippen molar-refractivity contribution in [2.75, 3.05) is 0 Å². The van der Waals surface area contributed by atoms with E-state index < -0.39 is 8.07 Å². The van der Waals surface area contributed by atoms with E-state index in [2.05, 4.69) is 82.4 Å². The third-order valence-electron chi connectivity index (χ3n) is 7.25. The van der Waals surface area contributed by atoms with Crippen LogP contribution in [0.1, 0.15) is 22.3 Å². The Morgan fingerprint density at radius 3 is 2.18 bits per heavy atom. The van der Waals surface area contributed by atoms with Crippen molar-refractivity contribution in [3.63, 3.8) is 0 Å². The Hall–Kier alpha value is -2.98. The molecule has 0 amide bonds. The van der Waals surface area contributed by atoms with Gasteiger partial charge in [0.25, 0.3) is 0 Å². The minimum Gasteiger partial charge on any atom is -0.455 e. The summed E-state index contributed by atoms with van der Waals surface area (Å²) >= 11 is 0. The van der Waals surface area contributed by atoms with Gasteiger partial charge < -0.3 is 4.42 Å². The van der Waals surface area contributed by atoms with Crippen molar-refractivity contribution in [1.29, 1.82) is 0 Å². The fourth-order valence-electron chi connectivity index (χ4n) is 4.98. The number of aromatic nitrogens is 1. The molecule has 4 heteroatoms. The maximum atomic E-state index is 14.3. The minimum atomic E-state index is -1.41. The van der Waals surface area contributed by atoms with Crippen LogP contribution in [0.4, 0.5) is 4.39 Å². The average molecular weight is 457 g/mol. The van der Waals surface area contributed by atoms with Gasteiger partial charge in [0.05, 0.1) is 13.6 Å². The predicted molar refractivity (Wildman–Crippen MR) is 140 cm³/mol. The van der Waals surface area contributed by atoms with Gasteiger partial charge in [0.15, 0.2) is 0 Å². The van der Waals surface area contributed by atoms with E-state index >= 15 is 0 Å². The molecule has 0 bridgehead atoms. The van der Waals surface area contributed by atoms with Crippen LogP contribution in [-0.2, 0) is 7.05 Å². The largest absolute Gasteiger partial charge is 0.455 e. The number of pyridine rings is 1. The van der Waals surface area contributed by atoms with Gasteiger partial charge in [-0.1, -0.05) is 30.9 Å². The Balaban J connectivity index is 1.89. The number of halogens is 1. The Kier molecular flexibility index (Phi) is 4.80. The van der Waals surface area contributed by atoms with Gasteiger partial charge in [0.2, 0.25) is 11.2 Å². The van der Waals surface area contributed by atoms with Gasteiger partial charge in [-0.15, -0.1) is 0 Å². The summed E-state index contributed by atoms with van der Waals surface area (Å²) in [6.07, 6.45) is 0. The van der Waals surface area contributed by atoms with Gasteiger partial charge in [0, 0.05) is 33.9 Å². The van der Waals surface area contributed by atoms with E-state index in [9.17, 15) is 4.39 Å². The number of hydrogen-bond acceptors (Lipinski definition) is 1. The summed E-state index contributed by atoms with van der Waals surface area (Å²) in [5.41, 5.74) is 9.08. The lowest BCUT2D eigenvalue weighted by molar-refractivity contribution is -0.633. The molecule has 2 heterocycles. The number of hydrogen-bond donors (Lipinski definition) is 0. The van der Waals surface area contributed by atoms with E-state index in [1.807, 2.05) is 6.07 Å². The number of nitrogens with zero attached hydrogens (tertiary/aromatic N) is 1. The van der Waals surface area contributed by atoms with Crippen LogP contribution in [0.5, 0.6) is 0 Å². The molecule has 0 fully saturated rings. The molecule has 0 saturated carbocycles. The third-order valence-corrected chi connectivity index (χ3v) is 9.30. The summed E-state index contributed by atoms with van der Waals surface area (Å²) in [5.74, 6) is -0.234. The maximum absolute atomic E-state index is 14.3. The quantitative estimate of drug-likeness (QED) is 0.204. The van der Waals surface area contributed by atoms with Gasteiger partial charge in [-0.25, -0.2) is 4.39 Å². The van der Waals surface area contributed by atoms with Crippen LogP contribution in [0, 0.1) is 33.5 Å². The molecular weight excluding hydrogens is 425 g/mol. The highest BCUT2D eigenvalue weighted by atomic mass is 28.3. The number of fused-ring (bicyclic) bond motifs is 4. The lowest BCUT2D eigenvalue weighted by Gasteiger charge is -2.17. The van der Waals surface area contributed by atoms with Crippen LogP contribution in [0.25, 0.3) is 44.1 Å². The van der Waals surface area contributed by atoms with Crippen molar-refractivity contribution in [3.05, 3.63) is 70.5 Å². The van der Waals surface area contributed by atoms with Crippen molar-refractivity contribution in [1.82, 2.24) is 0 Å². The van der Waals surface area contributed by atoms with Crippen molar-refractivity contribution in [2.24, 2.45) is 7.05 Å². The normalized spacial score (nSPS) is 12.4. The Labute approximate surface area is 195 Å². The number of aryl methyl sites for hydroxylation is 4. The predicted octanol–water partition coefficient (Wildman–Crippen LogP) is 7.15. The van der Waals surface area contributed by atoms with Crippen LogP contribution in [0.2, 0.25) is 19.6 Å². The van der Waals surface area contributed by atoms with E-state index in [1.165, 1.54) is 38.8 Å². The minimum absolute atomic E-state index is 0.234. The molecule has 3 aromatic carbocycles. The fourth-order valence-corrected chi connectivity index (χ4v) is 6.14. The van der Waals surface area contributed by atoms with Crippen LogP contribution >= 0.6 is 0 Å².